The van der Waals surface area contributed by atoms with E-state index in [0.29, 0.717) is 5.16 Å². The molecule has 1 aromatic heterocycles. The molecule has 1 aliphatic carbocycles. The summed E-state index contributed by atoms with van der Waals surface area (Å²) in [6.07, 6.45) is 4.29. The van der Waals surface area contributed by atoms with Crippen LogP contribution in [0.25, 0.3) is 0 Å². The fraction of sp³-hybridized carbons (Fsp3) is 0.190. The molecular formula is C21H18ClN3OS. The Morgan fingerprint density at radius 1 is 1.15 bits per heavy atom. The van der Waals surface area contributed by atoms with Gasteiger partial charge in [0.2, 0.25) is 5.91 Å². The minimum atomic E-state index is -0.0175. The number of benzene rings is 2. The third kappa shape index (κ3) is 4.15. The maximum absolute atomic E-state index is 12.6. The predicted octanol–water partition coefficient (Wildman–Crippen LogP) is 5.33. The highest BCUT2D eigenvalue weighted by Gasteiger charge is 2.44. The van der Waals surface area contributed by atoms with E-state index in [-0.39, 0.29) is 17.7 Å². The number of aryl methyl sites for hydroxylation is 1. The fourth-order valence-corrected chi connectivity index (χ4v) is 4.20. The Morgan fingerprint density at radius 2 is 1.93 bits per heavy atom. The van der Waals surface area contributed by atoms with Gasteiger partial charge in [0.05, 0.1) is 0 Å². The van der Waals surface area contributed by atoms with Gasteiger partial charge >= 0.3 is 0 Å². The lowest BCUT2D eigenvalue weighted by Crippen LogP contribution is -2.15. The monoisotopic (exact) mass is 395 g/mol. The van der Waals surface area contributed by atoms with Crippen molar-refractivity contribution in [3.8, 4) is 0 Å². The lowest BCUT2D eigenvalue weighted by atomic mass is 10.1. The molecule has 2 atom stereocenters. The van der Waals surface area contributed by atoms with Gasteiger partial charge in [0.25, 0.3) is 0 Å². The summed E-state index contributed by atoms with van der Waals surface area (Å²) in [7, 11) is 0. The zero-order valence-corrected chi connectivity index (χ0v) is 16.3. The number of rotatable bonds is 5. The standard InChI is InChI=1S/C21H18ClN3OS/c1-13-11-14(27-21-23-9-4-10-24-21)7-8-19(13)25-20(26)17-12-16(17)15-5-2-3-6-18(15)22/h2-11,16-17H,12H2,1H3,(H,25,26). The van der Waals surface area contributed by atoms with Gasteiger partial charge in [-0.2, -0.15) is 0 Å². The van der Waals surface area contributed by atoms with Gasteiger partial charge in [-0.15, -0.1) is 0 Å². The zero-order chi connectivity index (χ0) is 18.8. The molecule has 2 unspecified atom stereocenters. The van der Waals surface area contributed by atoms with E-state index in [1.807, 2.05) is 49.4 Å². The number of anilines is 1. The second kappa shape index (κ2) is 7.71. The van der Waals surface area contributed by atoms with Crippen molar-refractivity contribution >= 4 is 35.0 Å². The summed E-state index contributed by atoms with van der Waals surface area (Å²) < 4.78 is 0. The minimum absolute atomic E-state index is 0.0175. The Kier molecular flexibility index (Phi) is 5.14. The number of carbonyl (C=O) groups excluding carboxylic acids is 1. The molecule has 6 heteroatoms. The molecule has 136 valence electrons. The second-order valence-electron chi connectivity index (χ2n) is 6.57. The smallest absolute Gasteiger partial charge is 0.228 e. The van der Waals surface area contributed by atoms with Gasteiger partial charge in [0.15, 0.2) is 5.16 Å². The van der Waals surface area contributed by atoms with Crippen LogP contribution in [0.15, 0.2) is 71.0 Å². The molecule has 4 rings (SSSR count). The Bertz CT molecular complexity index is 980. The number of carbonyl (C=O) groups is 1. The number of aromatic nitrogens is 2. The zero-order valence-electron chi connectivity index (χ0n) is 14.7. The van der Waals surface area contributed by atoms with E-state index in [9.17, 15) is 4.79 Å². The van der Waals surface area contributed by atoms with Crippen molar-refractivity contribution in [3.63, 3.8) is 0 Å². The van der Waals surface area contributed by atoms with Crippen LogP contribution in [0.5, 0.6) is 0 Å². The first-order chi connectivity index (χ1) is 13.1. The van der Waals surface area contributed by atoms with Gasteiger partial charge in [-0.25, -0.2) is 9.97 Å². The van der Waals surface area contributed by atoms with Crippen LogP contribution in [-0.2, 0) is 4.79 Å². The molecule has 4 nitrogen and oxygen atoms in total. The number of hydrogen-bond donors (Lipinski definition) is 1. The van der Waals surface area contributed by atoms with E-state index in [1.54, 1.807) is 18.5 Å². The van der Waals surface area contributed by atoms with E-state index < -0.39 is 0 Å². The van der Waals surface area contributed by atoms with Crippen molar-refractivity contribution < 1.29 is 4.79 Å². The summed E-state index contributed by atoms with van der Waals surface area (Å²) in [5, 5.41) is 4.50. The maximum Gasteiger partial charge on any atom is 0.228 e. The largest absolute Gasteiger partial charge is 0.326 e. The summed E-state index contributed by atoms with van der Waals surface area (Å²) in [6, 6.07) is 15.5. The van der Waals surface area contributed by atoms with Crippen molar-refractivity contribution in [2.75, 3.05) is 5.32 Å². The molecule has 1 heterocycles. The second-order valence-corrected chi connectivity index (χ2v) is 8.02. The van der Waals surface area contributed by atoms with Crippen LogP contribution in [0.4, 0.5) is 5.69 Å². The molecule has 0 radical (unpaired) electrons. The molecule has 0 saturated heterocycles. The normalized spacial score (nSPS) is 18.1. The number of halogens is 1. The lowest BCUT2D eigenvalue weighted by Gasteiger charge is -2.10. The first-order valence-corrected chi connectivity index (χ1v) is 9.92. The van der Waals surface area contributed by atoms with E-state index in [1.165, 1.54) is 11.8 Å². The van der Waals surface area contributed by atoms with Crippen molar-refractivity contribution in [1.82, 2.24) is 9.97 Å². The van der Waals surface area contributed by atoms with Crippen molar-refractivity contribution in [2.24, 2.45) is 5.92 Å². The Balaban J connectivity index is 1.41. The average molecular weight is 396 g/mol. The van der Waals surface area contributed by atoms with Crippen LogP contribution >= 0.6 is 23.4 Å². The third-order valence-corrected chi connectivity index (χ3v) is 5.87. The summed E-state index contributed by atoms with van der Waals surface area (Å²) in [5.41, 5.74) is 2.91. The molecule has 1 saturated carbocycles. The van der Waals surface area contributed by atoms with E-state index in [0.717, 1.165) is 33.2 Å². The number of hydrogen-bond acceptors (Lipinski definition) is 4. The van der Waals surface area contributed by atoms with Crippen molar-refractivity contribution in [2.45, 2.75) is 29.3 Å². The molecule has 0 spiro atoms. The van der Waals surface area contributed by atoms with Crippen molar-refractivity contribution in [3.05, 3.63) is 77.1 Å². The lowest BCUT2D eigenvalue weighted by molar-refractivity contribution is -0.117. The molecule has 0 aliphatic heterocycles. The maximum atomic E-state index is 12.6. The molecule has 1 N–H and O–H groups in total. The summed E-state index contributed by atoms with van der Waals surface area (Å²) in [6.45, 7) is 1.99. The Labute approximate surface area is 167 Å². The average Bonchev–Trinajstić information content (AvgIpc) is 3.46. The number of amides is 1. The van der Waals surface area contributed by atoms with Crippen LogP contribution in [0.2, 0.25) is 5.02 Å². The molecule has 2 aromatic carbocycles. The minimum Gasteiger partial charge on any atom is -0.326 e. The molecule has 3 aromatic rings. The molecule has 1 aliphatic rings. The van der Waals surface area contributed by atoms with Gasteiger partial charge in [-0.05, 0) is 72.5 Å². The van der Waals surface area contributed by atoms with Crippen LogP contribution in [0.3, 0.4) is 0 Å². The summed E-state index contributed by atoms with van der Waals surface area (Å²) in [4.78, 5) is 22.1. The van der Waals surface area contributed by atoms with Crippen LogP contribution in [0, 0.1) is 12.8 Å². The fourth-order valence-electron chi connectivity index (χ4n) is 3.11. The van der Waals surface area contributed by atoms with E-state index in [4.69, 9.17) is 11.6 Å². The quantitative estimate of drug-likeness (QED) is 0.593. The van der Waals surface area contributed by atoms with Gasteiger partial charge in [0, 0.05) is 33.9 Å². The van der Waals surface area contributed by atoms with Crippen LogP contribution in [0.1, 0.15) is 23.5 Å². The van der Waals surface area contributed by atoms with E-state index in [2.05, 4.69) is 15.3 Å². The van der Waals surface area contributed by atoms with Gasteiger partial charge < -0.3 is 5.32 Å². The topological polar surface area (TPSA) is 54.9 Å². The number of nitrogens with one attached hydrogen (secondary N) is 1. The van der Waals surface area contributed by atoms with Crippen molar-refractivity contribution in [1.29, 1.82) is 0 Å². The van der Waals surface area contributed by atoms with Gasteiger partial charge in [0.1, 0.15) is 0 Å². The SMILES string of the molecule is Cc1cc(Sc2ncccn2)ccc1NC(=O)C1CC1c1ccccc1Cl. The summed E-state index contributed by atoms with van der Waals surface area (Å²) in [5.74, 6) is 0.245. The Morgan fingerprint density at radius 3 is 2.67 bits per heavy atom. The summed E-state index contributed by atoms with van der Waals surface area (Å²) >= 11 is 7.75. The van der Waals surface area contributed by atoms with Crippen LogP contribution in [-0.4, -0.2) is 15.9 Å². The molecule has 1 amide bonds. The highest BCUT2D eigenvalue weighted by Crippen LogP contribution is 2.50. The molecule has 0 bridgehead atoms. The first kappa shape index (κ1) is 18.0. The highest BCUT2D eigenvalue weighted by atomic mass is 35.5. The first-order valence-electron chi connectivity index (χ1n) is 8.72. The molecular weight excluding hydrogens is 378 g/mol. The molecule has 1 fully saturated rings. The van der Waals surface area contributed by atoms with E-state index >= 15 is 0 Å². The van der Waals surface area contributed by atoms with Gasteiger partial charge in [-0.3, -0.25) is 4.79 Å². The van der Waals surface area contributed by atoms with Crippen LogP contribution < -0.4 is 5.32 Å². The third-order valence-electron chi connectivity index (χ3n) is 4.64. The molecule has 27 heavy (non-hydrogen) atoms. The predicted molar refractivity (Wildman–Crippen MR) is 108 cm³/mol. The highest BCUT2D eigenvalue weighted by molar-refractivity contribution is 7.99. The number of nitrogens with zero attached hydrogens (tertiary/aromatic N) is 2. The Hall–Kier alpha value is -2.37. The van der Waals surface area contributed by atoms with Gasteiger partial charge in [-0.1, -0.05) is 29.8 Å².